The van der Waals surface area contributed by atoms with Gasteiger partial charge in [-0.25, -0.2) is 0 Å². The summed E-state index contributed by atoms with van der Waals surface area (Å²) in [4.78, 5) is 2.68. The highest BCUT2D eigenvalue weighted by Gasteiger charge is 2.45. The number of hydrogen-bond acceptors (Lipinski definition) is 2. The van der Waals surface area contributed by atoms with E-state index >= 15 is 0 Å². The van der Waals surface area contributed by atoms with E-state index in [4.69, 9.17) is 0 Å². The molecule has 2 aromatic heterocycles. The minimum absolute atomic E-state index is 0.00281. The molecular weight excluding hydrogens is 599 g/mol. The van der Waals surface area contributed by atoms with E-state index < -0.39 is 0 Å². The molecule has 0 saturated carbocycles. The Morgan fingerprint density at radius 1 is 0.583 bits per heavy atom. The van der Waals surface area contributed by atoms with Crippen molar-refractivity contribution < 1.29 is 0 Å². The molecule has 0 atom stereocenters. The highest BCUT2D eigenvalue weighted by molar-refractivity contribution is 7.25. The number of thiophene rings is 1. The number of hydrogen-bond donors (Lipinski definition) is 0. The minimum atomic E-state index is -0.00281. The molecule has 2 nitrogen and oxygen atoms in total. The average Bonchev–Trinajstić information content (AvgIpc) is 3.58. The Morgan fingerprint density at radius 2 is 1.25 bits per heavy atom. The quantitative estimate of drug-likeness (QED) is 0.162. The van der Waals surface area contributed by atoms with Crippen LogP contribution in [0.5, 0.6) is 0 Å². The molecule has 2 aliphatic rings. The van der Waals surface area contributed by atoms with Crippen LogP contribution in [0.4, 0.5) is 10.7 Å². The molecule has 0 radical (unpaired) electrons. The molecule has 9 rings (SSSR count). The third-order valence-corrected chi connectivity index (χ3v) is 12.0. The molecule has 0 fully saturated rings. The lowest BCUT2D eigenvalue weighted by Crippen LogP contribution is -2.60. The molecule has 4 heterocycles. The maximum absolute atomic E-state index is 2.68. The molecule has 0 saturated heterocycles. The van der Waals surface area contributed by atoms with Crippen LogP contribution < -0.4 is 15.7 Å². The summed E-state index contributed by atoms with van der Waals surface area (Å²) in [5, 5.41) is 5.39. The zero-order valence-corrected chi connectivity index (χ0v) is 30.4. The Morgan fingerprint density at radius 3 is 1.96 bits per heavy atom. The monoisotopic (exact) mass is 642 g/mol. The van der Waals surface area contributed by atoms with Gasteiger partial charge >= 0.3 is 6.85 Å². The van der Waals surface area contributed by atoms with Crippen molar-refractivity contribution in [2.24, 2.45) is 0 Å². The summed E-state index contributed by atoms with van der Waals surface area (Å²) in [7, 11) is 0. The van der Waals surface area contributed by atoms with E-state index in [-0.39, 0.29) is 23.1 Å². The Bertz CT molecular complexity index is 2460. The standard InChI is InChI=1S/C44H43BN2S/c1-42(2,3)26-17-20-29(21-18-26)47-41-38(30-13-10-11-16-37(30)48-41)31-14-12-15-36-39(31)45(47)34-25-28(44(7,8)9)24-33-32-23-27(43(4,5)6)19-22-35(32)46(36)40(33)34/h10-25H,1-9H3. The van der Waals surface area contributed by atoms with E-state index in [2.05, 4.69) is 169 Å². The van der Waals surface area contributed by atoms with E-state index in [1.165, 1.54) is 87.0 Å². The molecule has 4 heteroatoms. The van der Waals surface area contributed by atoms with Crippen LogP contribution >= 0.6 is 11.3 Å². The maximum atomic E-state index is 2.68. The van der Waals surface area contributed by atoms with Gasteiger partial charge in [0.1, 0.15) is 0 Å². The number of rotatable bonds is 1. The van der Waals surface area contributed by atoms with Crippen LogP contribution in [0.25, 0.3) is 48.7 Å². The summed E-state index contributed by atoms with van der Waals surface area (Å²) in [6.45, 7) is 21.0. The first kappa shape index (κ1) is 29.8. The molecule has 238 valence electrons. The fraction of sp³-hybridized carbons (Fsp3) is 0.273. The first-order chi connectivity index (χ1) is 22.7. The number of benzene rings is 5. The SMILES string of the molecule is CC(C)(C)c1ccc(N2B3c4c(cccc4-n4c5ccc(C(C)(C)C)cc5c5cc(C(C)(C)C)cc3c54)-c3c2sc2ccccc32)cc1. The van der Waals surface area contributed by atoms with E-state index in [1.807, 2.05) is 11.3 Å². The fourth-order valence-electron chi connectivity index (χ4n) is 8.18. The first-order valence-electron chi connectivity index (χ1n) is 17.4. The number of anilines is 2. The highest BCUT2D eigenvalue weighted by Crippen LogP contribution is 2.51. The second-order valence-corrected chi connectivity index (χ2v) is 18.1. The van der Waals surface area contributed by atoms with Crippen LogP contribution in [0.1, 0.15) is 79.0 Å². The summed E-state index contributed by atoms with van der Waals surface area (Å²) in [5.41, 5.74) is 15.0. The molecular formula is C44H43BN2S. The van der Waals surface area contributed by atoms with Crippen molar-refractivity contribution in [3.63, 3.8) is 0 Å². The van der Waals surface area contributed by atoms with Crippen molar-refractivity contribution in [1.29, 1.82) is 0 Å². The van der Waals surface area contributed by atoms with Crippen molar-refractivity contribution in [1.82, 2.24) is 4.57 Å². The zero-order chi connectivity index (χ0) is 33.5. The molecule has 0 bridgehead atoms. The van der Waals surface area contributed by atoms with Gasteiger partial charge in [-0.05, 0) is 91.9 Å². The number of aromatic nitrogens is 1. The second kappa shape index (κ2) is 9.67. The zero-order valence-electron chi connectivity index (χ0n) is 29.6. The third kappa shape index (κ3) is 4.11. The molecule has 0 amide bonds. The van der Waals surface area contributed by atoms with Crippen molar-refractivity contribution in [2.45, 2.75) is 78.6 Å². The van der Waals surface area contributed by atoms with Crippen LogP contribution in [0, 0.1) is 0 Å². The topological polar surface area (TPSA) is 8.17 Å². The summed E-state index contributed by atoms with van der Waals surface area (Å²) in [6.07, 6.45) is 0. The van der Waals surface area contributed by atoms with Gasteiger partial charge in [0, 0.05) is 37.8 Å². The molecule has 0 spiro atoms. The lowest BCUT2D eigenvalue weighted by Gasteiger charge is -2.41. The Balaban J connectivity index is 1.45. The van der Waals surface area contributed by atoms with E-state index in [0.717, 1.165) is 0 Å². The molecule has 0 unspecified atom stereocenters. The van der Waals surface area contributed by atoms with Crippen LogP contribution in [0.2, 0.25) is 0 Å². The van der Waals surface area contributed by atoms with Gasteiger partial charge in [0.2, 0.25) is 0 Å². The van der Waals surface area contributed by atoms with Gasteiger partial charge in [-0.3, -0.25) is 0 Å². The maximum Gasteiger partial charge on any atom is 0.333 e. The van der Waals surface area contributed by atoms with Crippen LogP contribution in [0.3, 0.4) is 0 Å². The van der Waals surface area contributed by atoms with Gasteiger partial charge in [0.25, 0.3) is 0 Å². The lowest BCUT2D eigenvalue weighted by atomic mass is 9.44. The smallest absolute Gasteiger partial charge is 0.333 e. The van der Waals surface area contributed by atoms with Gasteiger partial charge in [-0.1, -0.05) is 117 Å². The largest absolute Gasteiger partial charge is 0.368 e. The predicted octanol–water partition coefficient (Wildman–Crippen LogP) is 11.1. The van der Waals surface area contributed by atoms with Crippen molar-refractivity contribution in [3.05, 3.63) is 114 Å². The highest BCUT2D eigenvalue weighted by atomic mass is 32.1. The fourth-order valence-corrected chi connectivity index (χ4v) is 9.45. The van der Waals surface area contributed by atoms with E-state index in [1.54, 1.807) is 0 Å². The van der Waals surface area contributed by atoms with Crippen molar-refractivity contribution >= 4 is 71.7 Å². The molecule has 48 heavy (non-hydrogen) atoms. The van der Waals surface area contributed by atoms with Gasteiger partial charge in [0.15, 0.2) is 0 Å². The predicted molar refractivity (Wildman–Crippen MR) is 211 cm³/mol. The summed E-state index contributed by atoms with van der Waals surface area (Å²) in [6, 6.07) is 37.7. The van der Waals surface area contributed by atoms with Crippen LogP contribution in [-0.2, 0) is 16.2 Å². The van der Waals surface area contributed by atoms with E-state index in [9.17, 15) is 0 Å². The summed E-state index contributed by atoms with van der Waals surface area (Å²) in [5.74, 6) is 0. The van der Waals surface area contributed by atoms with Gasteiger partial charge in [0.05, 0.1) is 16.0 Å². The number of fused-ring (bicyclic) bond motifs is 9. The Hall–Kier alpha value is -4.28. The normalized spacial score (nSPS) is 14.3. The third-order valence-electron chi connectivity index (χ3n) is 10.8. The summed E-state index contributed by atoms with van der Waals surface area (Å²) < 4.78 is 3.93. The van der Waals surface area contributed by atoms with Gasteiger partial charge < -0.3 is 9.38 Å². The summed E-state index contributed by atoms with van der Waals surface area (Å²) >= 11 is 1.93. The molecule has 7 aromatic rings. The van der Waals surface area contributed by atoms with Gasteiger partial charge in [-0.2, -0.15) is 0 Å². The Labute approximate surface area is 289 Å². The van der Waals surface area contributed by atoms with Crippen molar-refractivity contribution in [2.75, 3.05) is 4.81 Å². The Kier molecular flexibility index (Phi) is 6.01. The molecule has 5 aromatic carbocycles. The van der Waals surface area contributed by atoms with Crippen LogP contribution in [-0.4, -0.2) is 11.4 Å². The first-order valence-corrected chi connectivity index (χ1v) is 18.2. The average molecular weight is 643 g/mol. The van der Waals surface area contributed by atoms with Crippen molar-refractivity contribution in [3.8, 4) is 16.8 Å². The van der Waals surface area contributed by atoms with E-state index in [0.29, 0.717) is 0 Å². The molecule has 0 aliphatic carbocycles. The van der Waals surface area contributed by atoms with Crippen LogP contribution in [0.15, 0.2) is 97.1 Å². The minimum Gasteiger partial charge on any atom is -0.368 e. The number of nitrogens with zero attached hydrogens (tertiary/aromatic N) is 2. The molecule has 0 N–H and O–H groups in total. The van der Waals surface area contributed by atoms with Gasteiger partial charge in [-0.15, -0.1) is 11.3 Å². The molecule has 2 aliphatic heterocycles. The lowest BCUT2D eigenvalue weighted by molar-refractivity contribution is 0.590. The second-order valence-electron chi connectivity index (χ2n) is 17.1.